The molecular formula is C14H15N3O. The summed E-state index contributed by atoms with van der Waals surface area (Å²) in [4.78, 5) is 19.1. The molecular weight excluding hydrogens is 226 g/mol. The Morgan fingerprint density at radius 1 is 1.17 bits per heavy atom. The van der Waals surface area contributed by atoms with Gasteiger partial charge < -0.3 is 5.73 Å². The molecule has 0 saturated carbocycles. The molecule has 0 aliphatic heterocycles. The van der Waals surface area contributed by atoms with Gasteiger partial charge >= 0.3 is 0 Å². The molecule has 1 heterocycles. The first-order valence-corrected chi connectivity index (χ1v) is 5.69. The molecule has 18 heavy (non-hydrogen) atoms. The molecule has 0 aliphatic carbocycles. The molecule has 0 aliphatic rings. The van der Waals surface area contributed by atoms with Crippen LogP contribution in [0.4, 0.5) is 5.82 Å². The van der Waals surface area contributed by atoms with Crippen molar-refractivity contribution < 1.29 is 4.79 Å². The van der Waals surface area contributed by atoms with Gasteiger partial charge in [0.25, 0.3) is 0 Å². The van der Waals surface area contributed by atoms with E-state index in [0.29, 0.717) is 17.7 Å². The second-order valence-electron chi connectivity index (χ2n) is 4.43. The topological polar surface area (TPSA) is 68.9 Å². The van der Waals surface area contributed by atoms with Gasteiger partial charge in [-0.25, -0.2) is 9.97 Å². The van der Waals surface area contributed by atoms with E-state index in [4.69, 9.17) is 5.73 Å². The third-order valence-electron chi connectivity index (χ3n) is 2.88. The van der Waals surface area contributed by atoms with Gasteiger partial charge in [0.05, 0.1) is 5.56 Å². The summed E-state index contributed by atoms with van der Waals surface area (Å²) in [6, 6.07) is 4.16. The van der Waals surface area contributed by atoms with Gasteiger partial charge in [-0.3, -0.25) is 4.79 Å². The molecule has 2 aromatic rings. The predicted octanol–water partition coefficient (Wildman–Crippen LogP) is 2.46. The summed E-state index contributed by atoms with van der Waals surface area (Å²) in [7, 11) is 0. The van der Waals surface area contributed by atoms with Crippen molar-refractivity contribution in [1.29, 1.82) is 0 Å². The minimum atomic E-state index is 0.217. The Labute approximate surface area is 106 Å². The second kappa shape index (κ2) is 4.56. The first-order chi connectivity index (χ1) is 8.52. The number of nitrogens with zero attached hydrogens (tertiary/aromatic N) is 2. The van der Waals surface area contributed by atoms with Crippen LogP contribution in [0.5, 0.6) is 0 Å². The van der Waals surface area contributed by atoms with E-state index in [1.165, 1.54) is 11.8 Å². The lowest BCUT2D eigenvalue weighted by atomic mass is 9.99. The summed E-state index contributed by atoms with van der Waals surface area (Å²) in [6.45, 7) is 6.08. The number of anilines is 1. The van der Waals surface area contributed by atoms with E-state index in [9.17, 15) is 4.79 Å². The standard InChI is InChI=1S/C14H15N3O/c1-8-4-9(2)12(10(3)5-8)14-16-6-11(7-18)13(15)17-14/h4-7H,1-3H3,(H2,15,16,17). The molecule has 0 atom stereocenters. The molecule has 1 aromatic carbocycles. The van der Waals surface area contributed by atoms with E-state index in [-0.39, 0.29) is 5.82 Å². The van der Waals surface area contributed by atoms with Crippen LogP contribution in [0.15, 0.2) is 18.3 Å². The Balaban J connectivity index is 2.62. The predicted molar refractivity (Wildman–Crippen MR) is 71.5 cm³/mol. The number of hydrogen-bond acceptors (Lipinski definition) is 4. The van der Waals surface area contributed by atoms with E-state index < -0.39 is 0 Å². The van der Waals surface area contributed by atoms with E-state index >= 15 is 0 Å². The summed E-state index contributed by atoms with van der Waals surface area (Å²) in [6.07, 6.45) is 2.12. The van der Waals surface area contributed by atoms with Crippen molar-refractivity contribution in [3.05, 3.63) is 40.6 Å². The van der Waals surface area contributed by atoms with Crippen LogP contribution in [0.25, 0.3) is 11.4 Å². The van der Waals surface area contributed by atoms with Crippen molar-refractivity contribution in [1.82, 2.24) is 9.97 Å². The summed E-state index contributed by atoms with van der Waals surface area (Å²) in [5, 5.41) is 0. The van der Waals surface area contributed by atoms with Crippen molar-refractivity contribution in [2.24, 2.45) is 0 Å². The van der Waals surface area contributed by atoms with Gasteiger partial charge in [-0.1, -0.05) is 17.7 Å². The van der Waals surface area contributed by atoms with Crippen molar-refractivity contribution in [2.45, 2.75) is 20.8 Å². The minimum absolute atomic E-state index is 0.217. The minimum Gasteiger partial charge on any atom is -0.383 e. The Morgan fingerprint density at radius 2 is 1.78 bits per heavy atom. The maximum Gasteiger partial charge on any atom is 0.162 e. The fraction of sp³-hybridized carbons (Fsp3) is 0.214. The van der Waals surface area contributed by atoms with Gasteiger partial charge in [-0.2, -0.15) is 0 Å². The number of hydrogen-bond donors (Lipinski definition) is 1. The summed E-state index contributed by atoms with van der Waals surface area (Å²) in [5.41, 5.74) is 10.4. The lowest BCUT2D eigenvalue weighted by Gasteiger charge is -2.10. The van der Waals surface area contributed by atoms with Crippen molar-refractivity contribution in [2.75, 3.05) is 5.73 Å². The first-order valence-electron chi connectivity index (χ1n) is 5.69. The Morgan fingerprint density at radius 3 is 2.28 bits per heavy atom. The van der Waals surface area contributed by atoms with Gasteiger partial charge in [0, 0.05) is 11.8 Å². The number of aryl methyl sites for hydroxylation is 3. The molecule has 4 nitrogen and oxygen atoms in total. The molecule has 0 fully saturated rings. The Bertz CT molecular complexity index is 597. The van der Waals surface area contributed by atoms with Crippen molar-refractivity contribution in [3.8, 4) is 11.4 Å². The molecule has 0 spiro atoms. The number of nitrogen functional groups attached to an aromatic ring is 1. The molecule has 0 unspecified atom stereocenters. The van der Waals surface area contributed by atoms with E-state index in [1.807, 2.05) is 13.8 Å². The maximum atomic E-state index is 10.7. The molecule has 92 valence electrons. The average Bonchev–Trinajstić information content (AvgIpc) is 2.27. The largest absolute Gasteiger partial charge is 0.383 e. The number of aldehydes is 1. The molecule has 0 bridgehead atoms. The van der Waals surface area contributed by atoms with Crippen LogP contribution in [0.3, 0.4) is 0 Å². The van der Waals surface area contributed by atoms with Gasteiger partial charge in [-0.05, 0) is 31.9 Å². The van der Waals surface area contributed by atoms with E-state index in [1.54, 1.807) is 0 Å². The molecule has 0 saturated heterocycles. The van der Waals surface area contributed by atoms with Crippen LogP contribution < -0.4 is 5.73 Å². The Hall–Kier alpha value is -2.23. The number of aromatic nitrogens is 2. The van der Waals surface area contributed by atoms with Crippen LogP contribution in [-0.2, 0) is 0 Å². The SMILES string of the molecule is Cc1cc(C)c(-c2ncc(C=O)c(N)n2)c(C)c1. The number of rotatable bonds is 2. The Kier molecular flexibility index (Phi) is 3.10. The van der Waals surface area contributed by atoms with Gasteiger partial charge in [0.2, 0.25) is 0 Å². The fourth-order valence-electron chi connectivity index (χ4n) is 2.15. The van der Waals surface area contributed by atoms with Crippen molar-refractivity contribution >= 4 is 12.1 Å². The number of carbonyl (C=O) groups excluding carboxylic acids is 1. The lowest BCUT2D eigenvalue weighted by molar-refractivity contribution is 0.112. The van der Waals surface area contributed by atoms with Crippen LogP contribution in [0.2, 0.25) is 0 Å². The van der Waals surface area contributed by atoms with E-state index in [2.05, 4.69) is 29.0 Å². The number of carbonyl (C=O) groups is 1. The quantitative estimate of drug-likeness (QED) is 0.820. The van der Waals surface area contributed by atoms with Gasteiger partial charge in [0.15, 0.2) is 12.1 Å². The molecule has 0 radical (unpaired) electrons. The smallest absolute Gasteiger partial charge is 0.162 e. The zero-order valence-electron chi connectivity index (χ0n) is 10.7. The highest BCUT2D eigenvalue weighted by atomic mass is 16.1. The molecule has 0 amide bonds. The molecule has 1 aromatic heterocycles. The summed E-state index contributed by atoms with van der Waals surface area (Å²) in [5.74, 6) is 0.780. The van der Waals surface area contributed by atoms with Crippen LogP contribution in [0.1, 0.15) is 27.0 Å². The zero-order valence-corrected chi connectivity index (χ0v) is 10.7. The van der Waals surface area contributed by atoms with Crippen LogP contribution >= 0.6 is 0 Å². The molecule has 2 rings (SSSR count). The lowest BCUT2D eigenvalue weighted by Crippen LogP contribution is -2.02. The highest BCUT2D eigenvalue weighted by molar-refractivity contribution is 5.82. The highest BCUT2D eigenvalue weighted by Gasteiger charge is 2.11. The third kappa shape index (κ3) is 2.09. The monoisotopic (exact) mass is 241 g/mol. The summed E-state index contributed by atoms with van der Waals surface area (Å²) < 4.78 is 0. The van der Waals surface area contributed by atoms with Crippen molar-refractivity contribution in [3.63, 3.8) is 0 Å². The highest BCUT2D eigenvalue weighted by Crippen LogP contribution is 2.26. The van der Waals surface area contributed by atoms with Crippen LogP contribution in [0, 0.1) is 20.8 Å². The zero-order chi connectivity index (χ0) is 13.3. The fourth-order valence-corrected chi connectivity index (χ4v) is 2.15. The second-order valence-corrected chi connectivity index (χ2v) is 4.43. The van der Waals surface area contributed by atoms with Crippen LogP contribution in [-0.4, -0.2) is 16.3 Å². The van der Waals surface area contributed by atoms with E-state index in [0.717, 1.165) is 16.7 Å². The number of nitrogens with two attached hydrogens (primary N) is 1. The maximum absolute atomic E-state index is 10.7. The summed E-state index contributed by atoms with van der Waals surface area (Å²) >= 11 is 0. The van der Waals surface area contributed by atoms with Gasteiger partial charge in [-0.15, -0.1) is 0 Å². The third-order valence-corrected chi connectivity index (χ3v) is 2.88. The molecule has 2 N–H and O–H groups in total. The normalized spacial score (nSPS) is 10.4. The first kappa shape index (κ1) is 12.2. The van der Waals surface area contributed by atoms with Gasteiger partial charge in [0.1, 0.15) is 5.82 Å². The average molecular weight is 241 g/mol. The number of benzene rings is 1. The molecule has 4 heteroatoms.